The Kier molecular flexibility index (Phi) is 6.66. The van der Waals surface area contributed by atoms with E-state index in [1.54, 1.807) is 32.0 Å². The molecule has 0 aliphatic carbocycles. The number of rotatable bonds is 4. The van der Waals surface area contributed by atoms with Crippen molar-refractivity contribution in [2.45, 2.75) is 82.1 Å². The Labute approximate surface area is 168 Å². The zero-order chi connectivity index (χ0) is 21.5. The molecule has 1 aromatic rings. The maximum absolute atomic E-state index is 10.2. The van der Waals surface area contributed by atoms with E-state index in [0.29, 0.717) is 11.4 Å². The van der Waals surface area contributed by atoms with Crippen molar-refractivity contribution in [2.24, 2.45) is 0 Å². The van der Waals surface area contributed by atoms with Crippen LogP contribution in [0.25, 0.3) is 0 Å². The summed E-state index contributed by atoms with van der Waals surface area (Å²) in [5.41, 5.74) is 1.97. The molecule has 0 aromatic heterocycles. The zero-order valence-electron chi connectivity index (χ0n) is 16.5. The normalized spacial score (nSPS) is 43.1. The van der Waals surface area contributed by atoms with E-state index in [1.165, 1.54) is 0 Å². The van der Waals surface area contributed by atoms with E-state index in [9.17, 15) is 30.6 Å². The van der Waals surface area contributed by atoms with Gasteiger partial charge in [-0.25, -0.2) is 0 Å². The van der Waals surface area contributed by atoms with Crippen LogP contribution in [0.2, 0.25) is 0 Å². The van der Waals surface area contributed by atoms with Crippen molar-refractivity contribution in [1.82, 2.24) is 0 Å². The van der Waals surface area contributed by atoms with E-state index < -0.39 is 61.3 Å². The second-order valence-corrected chi connectivity index (χ2v) is 7.79. The van der Waals surface area contributed by atoms with Gasteiger partial charge in [0.2, 0.25) is 0 Å². The van der Waals surface area contributed by atoms with E-state index in [1.807, 2.05) is 6.92 Å². The van der Waals surface area contributed by atoms with Crippen LogP contribution in [0, 0.1) is 6.92 Å². The molecule has 10 nitrogen and oxygen atoms in total. The molecule has 0 amide bonds. The third-order valence-corrected chi connectivity index (χ3v) is 5.55. The van der Waals surface area contributed by atoms with E-state index in [2.05, 4.69) is 10.6 Å². The molecule has 1 aromatic carbocycles. The van der Waals surface area contributed by atoms with Gasteiger partial charge in [0.15, 0.2) is 12.5 Å². The van der Waals surface area contributed by atoms with Gasteiger partial charge in [-0.1, -0.05) is 6.07 Å². The molecule has 0 bridgehead atoms. The molecule has 164 valence electrons. The summed E-state index contributed by atoms with van der Waals surface area (Å²) in [5.74, 6) is 0. The van der Waals surface area contributed by atoms with Crippen LogP contribution >= 0.6 is 0 Å². The molecule has 3 rings (SSSR count). The van der Waals surface area contributed by atoms with Gasteiger partial charge in [-0.05, 0) is 38.5 Å². The minimum absolute atomic E-state index is 0.553. The van der Waals surface area contributed by atoms with Gasteiger partial charge in [0.25, 0.3) is 0 Å². The Morgan fingerprint density at radius 1 is 0.690 bits per heavy atom. The first-order valence-corrected chi connectivity index (χ1v) is 9.63. The fourth-order valence-corrected chi connectivity index (χ4v) is 3.53. The lowest BCUT2D eigenvalue weighted by atomic mass is 9.98. The Morgan fingerprint density at radius 2 is 1.17 bits per heavy atom. The Bertz CT molecular complexity index is 707. The number of anilines is 2. The van der Waals surface area contributed by atoms with E-state index in [0.717, 1.165) is 5.56 Å². The molecular weight excluding hydrogens is 384 g/mol. The molecule has 10 heteroatoms. The van der Waals surface area contributed by atoms with Crippen LogP contribution in [0.15, 0.2) is 18.2 Å². The Morgan fingerprint density at radius 3 is 1.69 bits per heavy atom. The van der Waals surface area contributed by atoms with Crippen LogP contribution in [0.4, 0.5) is 11.4 Å². The highest BCUT2D eigenvalue weighted by Gasteiger charge is 2.43. The quantitative estimate of drug-likeness (QED) is 0.290. The van der Waals surface area contributed by atoms with Gasteiger partial charge in [-0.15, -0.1) is 0 Å². The SMILES string of the molecule is Cc1ccc(N[C@H]2O[C@@H](C)[C@@H](O)[C@@H](O)[C@H]2O)cc1N[C@H]1O[C@@H](C)[C@@H](O)[C@@H](O)[C@@H]1O. The van der Waals surface area contributed by atoms with E-state index >= 15 is 0 Å². The lowest BCUT2D eigenvalue weighted by Crippen LogP contribution is -2.59. The highest BCUT2D eigenvalue weighted by atomic mass is 16.6. The summed E-state index contributed by atoms with van der Waals surface area (Å²) in [6.45, 7) is 5.03. The second kappa shape index (κ2) is 8.70. The summed E-state index contributed by atoms with van der Waals surface area (Å²) in [6, 6.07) is 5.24. The van der Waals surface area contributed by atoms with Gasteiger partial charge in [-0.3, -0.25) is 0 Å². The van der Waals surface area contributed by atoms with Crippen molar-refractivity contribution < 1.29 is 40.1 Å². The molecule has 29 heavy (non-hydrogen) atoms. The first kappa shape index (κ1) is 22.2. The number of aryl methyl sites for hydroxylation is 1. The first-order valence-electron chi connectivity index (χ1n) is 9.63. The number of aliphatic hydroxyl groups excluding tert-OH is 6. The third-order valence-electron chi connectivity index (χ3n) is 5.55. The maximum atomic E-state index is 10.2. The average molecular weight is 414 g/mol. The zero-order valence-corrected chi connectivity index (χ0v) is 16.5. The van der Waals surface area contributed by atoms with Crippen molar-refractivity contribution in [3.63, 3.8) is 0 Å². The Balaban J connectivity index is 1.73. The fraction of sp³-hybridized carbons (Fsp3) is 0.684. The number of benzene rings is 1. The molecule has 0 spiro atoms. The molecular formula is C19H30N2O8. The van der Waals surface area contributed by atoms with Crippen molar-refractivity contribution >= 4 is 11.4 Å². The van der Waals surface area contributed by atoms with Crippen molar-refractivity contribution in [2.75, 3.05) is 10.6 Å². The van der Waals surface area contributed by atoms with Gasteiger partial charge in [0, 0.05) is 11.4 Å². The maximum Gasteiger partial charge on any atom is 0.157 e. The molecule has 2 saturated heterocycles. The number of hydrogen-bond donors (Lipinski definition) is 8. The summed E-state index contributed by atoms with van der Waals surface area (Å²) < 4.78 is 11.1. The molecule has 2 aliphatic rings. The second-order valence-electron chi connectivity index (χ2n) is 7.79. The van der Waals surface area contributed by atoms with Crippen LogP contribution in [0.5, 0.6) is 0 Å². The fourth-order valence-electron chi connectivity index (χ4n) is 3.53. The molecule has 2 fully saturated rings. The van der Waals surface area contributed by atoms with Crippen molar-refractivity contribution in [3.8, 4) is 0 Å². The first-order chi connectivity index (χ1) is 13.6. The van der Waals surface area contributed by atoms with Crippen LogP contribution < -0.4 is 10.6 Å². The predicted molar refractivity (Wildman–Crippen MR) is 103 cm³/mol. The third kappa shape index (κ3) is 4.49. The van der Waals surface area contributed by atoms with Crippen LogP contribution in [-0.4, -0.2) is 91.9 Å². The van der Waals surface area contributed by atoms with Gasteiger partial charge in [-0.2, -0.15) is 0 Å². The highest BCUT2D eigenvalue weighted by Crippen LogP contribution is 2.28. The molecule has 0 unspecified atom stereocenters. The smallest absolute Gasteiger partial charge is 0.157 e. The molecule has 8 N–H and O–H groups in total. The van der Waals surface area contributed by atoms with Gasteiger partial charge >= 0.3 is 0 Å². The van der Waals surface area contributed by atoms with Crippen LogP contribution in [0.1, 0.15) is 19.4 Å². The van der Waals surface area contributed by atoms with Crippen LogP contribution in [0.3, 0.4) is 0 Å². The molecule has 0 saturated carbocycles. The Hall–Kier alpha value is -1.50. The van der Waals surface area contributed by atoms with Gasteiger partial charge < -0.3 is 50.7 Å². The van der Waals surface area contributed by atoms with Crippen molar-refractivity contribution in [3.05, 3.63) is 23.8 Å². The summed E-state index contributed by atoms with van der Waals surface area (Å²) >= 11 is 0. The predicted octanol–water partition coefficient (Wildman–Crippen LogP) is -1.53. The van der Waals surface area contributed by atoms with Gasteiger partial charge in [0.1, 0.15) is 36.6 Å². The highest BCUT2D eigenvalue weighted by molar-refractivity contribution is 5.61. The largest absolute Gasteiger partial charge is 0.388 e. The number of ether oxygens (including phenoxy) is 2. The molecule has 2 aliphatic heterocycles. The monoisotopic (exact) mass is 414 g/mol. The summed E-state index contributed by atoms with van der Waals surface area (Å²) in [7, 11) is 0. The van der Waals surface area contributed by atoms with Crippen molar-refractivity contribution in [1.29, 1.82) is 0 Å². The van der Waals surface area contributed by atoms with E-state index in [-0.39, 0.29) is 0 Å². The molecule has 10 atom stereocenters. The number of hydrogen-bond acceptors (Lipinski definition) is 10. The average Bonchev–Trinajstić information content (AvgIpc) is 2.69. The van der Waals surface area contributed by atoms with Crippen LogP contribution in [-0.2, 0) is 9.47 Å². The lowest BCUT2D eigenvalue weighted by Gasteiger charge is -2.40. The van der Waals surface area contributed by atoms with E-state index in [4.69, 9.17) is 9.47 Å². The topological polar surface area (TPSA) is 164 Å². The van der Waals surface area contributed by atoms with Gasteiger partial charge in [0.05, 0.1) is 12.2 Å². The lowest BCUT2D eigenvalue weighted by molar-refractivity contribution is -0.209. The minimum atomic E-state index is -1.35. The summed E-state index contributed by atoms with van der Waals surface area (Å²) in [5, 5.41) is 65.9. The summed E-state index contributed by atoms with van der Waals surface area (Å²) in [4.78, 5) is 0. The minimum Gasteiger partial charge on any atom is -0.388 e. The summed E-state index contributed by atoms with van der Waals surface area (Å²) in [6.07, 6.45) is -11.0. The number of aliphatic hydroxyl groups is 6. The standard InChI is InChI=1S/C19H30N2O8/c1-7-4-5-10(20-18-16(26)14(24)12(22)8(2)28-18)6-11(7)21-19-17(27)15(25)13(23)9(3)29-19/h4-6,8-9,12-27H,1-3H3/t8-,9-,12+,13+,14+,15+,16+,17-,18-,19-/m0/s1. The number of nitrogens with one attached hydrogen (secondary N) is 2. The molecule has 2 heterocycles. The molecule has 0 radical (unpaired) electrons.